The first-order valence-electron chi connectivity index (χ1n) is 9.45. The standard InChI is InChI=1S/C20H32N4O2/c1-5-26-20(25)24-10-7-17(8-11-24)23-19(21)22-9-6-18-15(3)12-14(2)13-16(18)4/h12-13,17H,5-11H2,1-4H3,(H3,21,22,23). The zero-order valence-electron chi connectivity index (χ0n) is 16.5. The van der Waals surface area contributed by atoms with E-state index in [2.05, 4.69) is 43.2 Å². The summed E-state index contributed by atoms with van der Waals surface area (Å²) in [6.45, 7) is 10.7. The summed E-state index contributed by atoms with van der Waals surface area (Å²) in [6, 6.07) is 4.68. The fourth-order valence-corrected chi connectivity index (χ4v) is 3.57. The first kappa shape index (κ1) is 20.1. The molecule has 0 radical (unpaired) electrons. The van der Waals surface area contributed by atoms with Crippen molar-refractivity contribution in [2.24, 2.45) is 10.7 Å². The van der Waals surface area contributed by atoms with Crippen molar-refractivity contribution < 1.29 is 9.53 Å². The lowest BCUT2D eigenvalue weighted by Gasteiger charge is -2.31. The van der Waals surface area contributed by atoms with Crippen LogP contribution in [0.3, 0.4) is 0 Å². The summed E-state index contributed by atoms with van der Waals surface area (Å²) in [5, 5.41) is 3.28. The van der Waals surface area contributed by atoms with Crippen LogP contribution >= 0.6 is 0 Å². The van der Waals surface area contributed by atoms with Crippen LogP contribution in [-0.2, 0) is 11.2 Å². The van der Waals surface area contributed by atoms with E-state index in [0.29, 0.717) is 32.2 Å². The molecule has 2 rings (SSSR count). The van der Waals surface area contributed by atoms with Crippen molar-refractivity contribution >= 4 is 12.1 Å². The Hall–Kier alpha value is -2.24. The van der Waals surface area contributed by atoms with Crippen LogP contribution in [0.2, 0.25) is 0 Å². The molecule has 144 valence electrons. The zero-order chi connectivity index (χ0) is 19.1. The molecule has 0 atom stereocenters. The molecule has 0 unspecified atom stereocenters. The second kappa shape index (κ2) is 9.46. The van der Waals surface area contributed by atoms with E-state index in [1.807, 2.05) is 6.92 Å². The van der Waals surface area contributed by atoms with Crippen LogP contribution < -0.4 is 11.1 Å². The van der Waals surface area contributed by atoms with Crippen LogP contribution in [0.15, 0.2) is 17.1 Å². The topological polar surface area (TPSA) is 80.0 Å². The second-order valence-electron chi connectivity index (χ2n) is 7.00. The van der Waals surface area contributed by atoms with Gasteiger partial charge in [0, 0.05) is 25.7 Å². The van der Waals surface area contributed by atoms with Gasteiger partial charge in [-0.3, -0.25) is 4.99 Å². The van der Waals surface area contributed by atoms with Crippen LogP contribution in [0, 0.1) is 20.8 Å². The minimum Gasteiger partial charge on any atom is -0.450 e. The molecular formula is C20H32N4O2. The van der Waals surface area contributed by atoms with Gasteiger partial charge in [0.05, 0.1) is 6.61 Å². The molecule has 0 saturated carbocycles. The van der Waals surface area contributed by atoms with Crippen molar-refractivity contribution in [1.29, 1.82) is 0 Å². The number of piperidine rings is 1. The lowest BCUT2D eigenvalue weighted by molar-refractivity contribution is 0.0963. The van der Waals surface area contributed by atoms with Crippen LogP contribution in [0.4, 0.5) is 4.79 Å². The minimum atomic E-state index is -0.226. The fourth-order valence-electron chi connectivity index (χ4n) is 3.57. The number of nitrogens with two attached hydrogens (primary N) is 1. The molecule has 1 aromatic rings. The van der Waals surface area contributed by atoms with E-state index in [-0.39, 0.29) is 12.1 Å². The Morgan fingerprint density at radius 3 is 2.46 bits per heavy atom. The van der Waals surface area contributed by atoms with E-state index in [4.69, 9.17) is 10.5 Å². The predicted octanol–water partition coefficient (Wildman–Crippen LogP) is 2.68. The highest BCUT2D eigenvalue weighted by Crippen LogP contribution is 2.17. The number of hydrogen-bond donors (Lipinski definition) is 2. The number of nitrogens with one attached hydrogen (secondary N) is 1. The van der Waals surface area contributed by atoms with Gasteiger partial charge in [0.1, 0.15) is 0 Å². The lowest BCUT2D eigenvalue weighted by Crippen LogP contribution is -2.48. The molecule has 1 aliphatic heterocycles. The molecule has 0 spiro atoms. The third kappa shape index (κ3) is 5.64. The summed E-state index contributed by atoms with van der Waals surface area (Å²) in [5.41, 5.74) is 11.3. The normalized spacial score (nSPS) is 15.8. The van der Waals surface area contributed by atoms with E-state index in [1.165, 1.54) is 22.3 Å². The van der Waals surface area contributed by atoms with Crippen molar-refractivity contribution in [3.8, 4) is 0 Å². The Morgan fingerprint density at radius 1 is 1.27 bits per heavy atom. The molecule has 1 aromatic carbocycles. The number of carbonyl (C=O) groups excluding carboxylic acids is 1. The Balaban J connectivity index is 1.78. The van der Waals surface area contributed by atoms with Crippen molar-refractivity contribution in [3.05, 3.63) is 34.4 Å². The highest BCUT2D eigenvalue weighted by Gasteiger charge is 2.23. The van der Waals surface area contributed by atoms with Gasteiger partial charge in [-0.1, -0.05) is 17.7 Å². The van der Waals surface area contributed by atoms with Crippen LogP contribution in [0.5, 0.6) is 0 Å². The Bertz CT molecular complexity index is 626. The number of likely N-dealkylation sites (tertiary alicyclic amines) is 1. The lowest BCUT2D eigenvalue weighted by atomic mass is 9.97. The van der Waals surface area contributed by atoms with E-state index >= 15 is 0 Å². The maximum Gasteiger partial charge on any atom is 0.409 e. The SMILES string of the molecule is CCOC(=O)N1CCC(NC(N)=NCCc2c(C)cc(C)cc2C)CC1. The predicted molar refractivity (Wildman–Crippen MR) is 106 cm³/mol. The molecule has 1 fully saturated rings. The number of benzene rings is 1. The van der Waals surface area contributed by atoms with Gasteiger partial charge in [0.15, 0.2) is 5.96 Å². The third-order valence-electron chi connectivity index (χ3n) is 4.86. The van der Waals surface area contributed by atoms with Gasteiger partial charge in [0.2, 0.25) is 0 Å². The van der Waals surface area contributed by atoms with Gasteiger partial charge in [0.25, 0.3) is 0 Å². The van der Waals surface area contributed by atoms with Crippen molar-refractivity contribution in [2.75, 3.05) is 26.2 Å². The largest absolute Gasteiger partial charge is 0.450 e. The summed E-state index contributed by atoms with van der Waals surface area (Å²) in [6.07, 6.45) is 2.37. The highest BCUT2D eigenvalue weighted by atomic mass is 16.6. The molecule has 1 heterocycles. The van der Waals surface area contributed by atoms with Gasteiger partial charge in [-0.25, -0.2) is 4.79 Å². The summed E-state index contributed by atoms with van der Waals surface area (Å²) in [7, 11) is 0. The molecule has 1 saturated heterocycles. The fraction of sp³-hybridized carbons (Fsp3) is 0.600. The number of guanidine groups is 1. The molecule has 1 aliphatic rings. The summed E-state index contributed by atoms with van der Waals surface area (Å²) in [4.78, 5) is 17.9. The van der Waals surface area contributed by atoms with Gasteiger partial charge in [-0.15, -0.1) is 0 Å². The number of carbonyl (C=O) groups is 1. The number of aliphatic imine (C=N–C) groups is 1. The van der Waals surface area contributed by atoms with Gasteiger partial charge in [-0.05, 0) is 63.6 Å². The van der Waals surface area contributed by atoms with Gasteiger partial charge >= 0.3 is 6.09 Å². The van der Waals surface area contributed by atoms with Crippen LogP contribution in [-0.4, -0.2) is 49.2 Å². The molecule has 1 amide bonds. The van der Waals surface area contributed by atoms with Crippen molar-refractivity contribution in [1.82, 2.24) is 10.2 Å². The Morgan fingerprint density at radius 2 is 1.88 bits per heavy atom. The average molecular weight is 361 g/mol. The molecule has 26 heavy (non-hydrogen) atoms. The highest BCUT2D eigenvalue weighted by molar-refractivity contribution is 5.78. The average Bonchev–Trinajstić information content (AvgIpc) is 2.58. The Kier molecular flexibility index (Phi) is 7.30. The molecule has 3 N–H and O–H groups in total. The van der Waals surface area contributed by atoms with Crippen LogP contribution in [0.25, 0.3) is 0 Å². The number of ether oxygens (including phenoxy) is 1. The zero-order valence-corrected chi connectivity index (χ0v) is 16.5. The molecule has 0 aromatic heterocycles. The van der Waals surface area contributed by atoms with E-state index < -0.39 is 0 Å². The first-order valence-corrected chi connectivity index (χ1v) is 9.45. The van der Waals surface area contributed by atoms with Crippen molar-refractivity contribution in [3.63, 3.8) is 0 Å². The van der Waals surface area contributed by atoms with E-state index in [1.54, 1.807) is 4.90 Å². The minimum absolute atomic E-state index is 0.226. The first-order chi connectivity index (χ1) is 12.4. The summed E-state index contributed by atoms with van der Waals surface area (Å²) >= 11 is 0. The molecule has 0 bridgehead atoms. The number of rotatable bonds is 5. The van der Waals surface area contributed by atoms with Gasteiger partial charge < -0.3 is 20.7 Å². The van der Waals surface area contributed by atoms with E-state index in [9.17, 15) is 4.79 Å². The quantitative estimate of drug-likeness (QED) is 0.625. The molecule has 6 nitrogen and oxygen atoms in total. The van der Waals surface area contributed by atoms with Crippen molar-refractivity contribution in [2.45, 2.75) is 53.0 Å². The molecule has 0 aliphatic carbocycles. The van der Waals surface area contributed by atoms with E-state index in [0.717, 1.165) is 19.3 Å². The number of nitrogens with zero attached hydrogens (tertiary/aromatic N) is 2. The number of aryl methyl sites for hydroxylation is 3. The molecular weight excluding hydrogens is 328 g/mol. The van der Waals surface area contributed by atoms with Crippen LogP contribution in [0.1, 0.15) is 42.0 Å². The summed E-state index contributed by atoms with van der Waals surface area (Å²) in [5.74, 6) is 0.488. The Labute approximate surface area is 156 Å². The summed E-state index contributed by atoms with van der Waals surface area (Å²) < 4.78 is 5.04. The second-order valence-corrected chi connectivity index (χ2v) is 7.00. The number of hydrogen-bond acceptors (Lipinski definition) is 3. The van der Waals surface area contributed by atoms with Gasteiger partial charge in [-0.2, -0.15) is 0 Å². The molecule has 6 heteroatoms. The maximum atomic E-state index is 11.7. The third-order valence-corrected chi connectivity index (χ3v) is 4.86. The maximum absolute atomic E-state index is 11.7. The number of amides is 1. The monoisotopic (exact) mass is 360 g/mol. The smallest absolute Gasteiger partial charge is 0.409 e.